The van der Waals surface area contributed by atoms with Crippen molar-refractivity contribution in [3.05, 3.63) is 30.5 Å². The Kier molecular flexibility index (Phi) is 5.71. The van der Waals surface area contributed by atoms with Gasteiger partial charge < -0.3 is 19.5 Å². The number of aromatic nitrogens is 1. The van der Waals surface area contributed by atoms with E-state index in [1.54, 1.807) is 11.8 Å². The molecule has 1 aliphatic heterocycles. The van der Waals surface area contributed by atoms with Gasteiger partial charge in [0, 0.05) is 41.1 Å². The van der Waals surface area contributed by atoms with Crippen LogP contribution in [0.5, 0.6) is 0 Å². The summed E-state index contributed by atoms with van der Waals surface area (Å²) in [5.41, 5.74) is 1.21. The van der Waals surface area contributed by atoms with Crippen LogP contribution in [0.3, 0.4) is 0 Å². The molecule has 2 atom stereocenters. The molecule has 0 spiro atoms. The van der Waals surface area contributed by atoms with Crippen molar-refractivity contribution >= 4 is 28.6 Å². The first kappa shape index (κ1) is 18.3. The molecule has 0 radical (unpaired) electrons. The van der Waals surface area contributed by atoms with Gasteiger partial charge in [-0.05, 0) is 33.5 Å². The molecule has 25 heavy (non-hydrogen) atoms. The Morgan fingerprint density at radius 3 is 2.80 bits per heavy atom. The number of aliphatic hydroxyl groups is 1. The number of para-hydroxylation sites is 1. The van der Waals surface area contributed by atoms with Crippen molar-refractivity contribution in [3.8, 4) is 0 Å². The van der Waals surface area contributed by atoms with Crippen molar-refractivity contribution in [2.75, 3.05) is 33.0 Å². The SMILES string of the molecule is CCn1cc(SCC(=O)N2C[C@H](N(C)C)C[C@H]2CO)c2ccccc21. The minimum Gasteiger partial charge on any atom is -0.394 e. The minimum absolute atomic E-state index is 0.0376. The molecule has 3 rings (SSSR count). The summed E-state index contributed by atoms with van der Waals surface area (Å²) in [6.45, 7) is 3.78. The lowest BCUT2D eigenvalue weighted by molar-refractivity contribution is -0.129. The van der Waals surface area contributed by atoms with Crippen LogP contribution in [0.15, 0.2) is 35.4 Å². The van der Waals surface area contributed by atoms with E-state index in [4.69, 9.17) is 0 Å². The summed E-state index contributed by atoms with van der Waals surface area (Å²) in [6.07, 6.45) is 2.98. The first-order valence-corrected chi connectivity index (χ1v) is 9.81. The van der Waals surface area contributed by atoms with Gasteiger partial charge in [0.1, 0.15) is 0 Å². The number of fused-ring (bicyclic) bond motifs is 1. The summed E-state index contributed by atoms with van der Waals surface area (Å²) < 4.78 is 2.22. The summed E-state index contributed by atoms with van der Waals surface area (Å²) in [5, 5.41) is 10.8. The Morgan fingerprint density at radius 2 is 2.12 bits per heavy atom. The van der Waals surface area contributed by atoms with Crippen LogP contribution in [0, 0.1) is 0 Å². The number of hydrogen-bond donors (Lipinski definition) is 1. The predicted molar refractivity (Wildman–Crippen MR) is 103 cm³/mol. The van der Waals surface area contributed by atoms with E-state index in [2.05, 4.69) is 34.7 Å². The van der Waals surface area contributed by atoms with Crippen LogP contribution >= 0.6 is 11.8 Å². The van der Waals surface area contributed by atoms with E-state index in [-0.39, 0.29) is 18.6 Å². The van der Waals surface area contributed by atoms with Gasteiger partial charge in [-0.1, -0.05) is 18.2 Å². The van der Waals surface area contributed by atoms with Crippen LogP contribution in [0.2, 0.25) is 0 Å². The first-order valence-electron chi connectivity index (χ1n) is 8.82. The number of carbonyl (C=O) groups is 1. The molecule has 2 heterocycles. The molecule has 1 aromatic carbocycles. The number of likely N-dealkylation sites (tertiary alicyclic amines) is 1. The molecule has 1 aromatic heterocycles. The zero-order chi connectivity index (χ0) is 18.0. The standard InChI is InChI=1S/C19H27N3O2S/c1-4-21-11-18(16-7-5-6-8-17(16)21)25-13-19(24)22-10-14(20(2)3)9-15(22)12-23/h5-8,11,14-15,23H,4,9-10,12-13H2,1-3H3/t14-,15+/m1/s1. The van der Waals surface area contributed by atoms with Gasteiger partial charge in [-0.3, -0.25) is 4.79 Å². The minimum atomic E-state index is -0.0579. The lowest BCUT2D eigenvalue weighted by atomic mass is 10.2. The van der Waals surface area contributed by atoms with E-state index >= 15 is 0 Å². The van der Waals surface area contributed by atoms with Crippen molar-refractivity contribution in [3.63, 3.8) is 0 Å². The lowest BCUT2D eigenvalue weighted by Gasteiger charge is -2.23. The fourth-order valence-electron chi connectivity index (χ4n) is 3.56. The molecule has 0 aliphatic carbocycles. The predicted octanol–water partition coefficient (Wildman–Crippen LogP) is 2.28. The zero-order valence-corrected chi connectivity index (χ0v) is 16.0. The largest absolute Gasteiger partial charge is 0.394 e. The highest BCUT2D eigenvalue weighted by Crippen LogP contribution is 2.31. The Balaban J connectivity index is 1.70. The summed E-state index contributed by atoms with van der Waals surface area (Å²) in [6, 6.07) is 8.59. The van der Waals surface area contributed by atoms with Crippen LogP contribution in [0.25, 0.3) is 10.9 Å². The molecule has 6 heteroatoms. The number of likely N-dealkylation sites (N-methyl/N-ethyl adjacent to an activating group) is 1. The molecular formula is C19H27N3O2S. The van der Waals surface area contributed by atoms with Gasteiger partial charge in [0.25, 0.3) is 0 Å². The number of carbonyl (C=O) groups excluding carboxylic acids is 1. The van der Waals surface area contributed by atoms with E-state index in [1.807, 2.05) is 31.1 Å². The molecule has 1 amide bonds. The Labute approximate surface area is 153 Å². The summed E-state index contributed by atoms with van der Waals surface area (Å²) in [4.78, 5) is 17.9. The quantitative estimate of drug-likeness (QED) is 0.802. The van der Waals surface area contributed by atoms with Crippen LogP contribution < -0.4 is 0 Å². The van der Waals surface area contributed by atoms with E-state index in [1.165, 1.54) is 10.9 Å². The average Bonchev–Trinajstić information content (AvgIpc) is 3.21. The Bertz CT molecular complexity index is 743. The average molecular weight is 362 g/mol. The second-order valence-corrected chi connectivity index (χ2v) is 7.84. The van der Waals surface area contributed by atoms with Gasteiger partial charge in [-0.25, -0.2) is 0 Å². The van der Waals surface area contributed by atoms with E-state index < -0.39 is 0 Å². The summed E-state index contributed by atoms with van der Waals surface area (Å²) in [5.74, 6) is 0.524. The van der Waals surface area contributed by atoms with Crippen molar-refractivity contribution in [1.29, 1.82) is 0 Å². The molecule has 0 saturated carbocycles. The van der Waals surface area contributed by atoms with E-state index in [9.17, 15) is 9.90 Å². The van der Waals surface area contributed by atoms with Crippen LogP contribution in [-0.4, -0.2) is 70.5 Å². The van der Waals surface area contributed by atoms with E-state index in [0.717, 1.165) is 17.9 Å². The van der Waals surface area contributed by atoms with Gasteiger partial charge in [0.15, 0.2) is 0 Å². The topological polar surface area (TPSA) is 48.7 Å². The number of aliphatic hydroxyl groups excluding tert-OH is 1. The van der Waals surface area contributed by atoms with Crippen molar-refractivity contribution in [2.24, 2.45) is 0 Å². The second-order valence-electron chi connectivity index (χ2n) is 6.82. The molecule has 0 bridgehead atoms. The number of rotatable bonds is 6. The molecule has 0 unspecified atom stereocenters. The lowest BCUT2D eigenvalue weighted by Crippen LogP contribution is -2.39. The fraction of sp³-hybridized carbons (Fsp3) is 0.526. The molecule has 1 aliphatic rings. The molecule has 136 valence electrons. The summed E-state index contributed by atoms with van der Waals surface area (Å²) >= 11 is 1.60. The highest BCUT2D eigenvalue weighted by atomic mass is 32.2. The smallest absolute Gasteiger partial charge is 0.233 e. The molecule has 2 aromatic rings. The number of hydrogen-bond acceptors (Lipinski definition) is 4. The highest BCUT2D eigenvalue weighted by Gasteiger charge is 2.35. The first-order chi connectivity index (χ1) is 12.0. The van der Waals surface area contributed by atoms with Gasteiger partial charge >= 0.3 is 0 Å². The maximum atomic E-state index is 12.7. The van der Waals surface area contributed by atoms with Gasteiger partial charge in [0.2, 0.25) is 5.91 Å². The van der Waals surface area contributed by atoms with Crippen molar-refractivity contribution in [1.82, 2.24) is 14.4 Å². The van der Waals surface area contributed by atoms with Gasteiger partial charge in [0.05, 0.1) is 18.4 Å². The van der Waals surface area contributed by atoms with Crippen molar-refractivity contribution in [2.45, 2.75) is 36.9 Å². The molecule has 1 fully saturated rings. The van der Waals surface area contributed by atoms with Crippen molar-refractivity contribution < 1.29 is 9.90 Å². The molecular weight excluding hydrogens is 334 g/mol. The van der Waals surface area contributed by atoms with Gasteiger partial charge in [-0.15, -0.1) is 11.8 Å². The normalized spacial score (nSPS) is 20.8. The van der Waals surface area contributed by atoms with E-state index in [0.29, 0.717) is 18.3 Å². The highest BCUT2D eigenvalue weighted by molar-refractivity contribution is 8.00. The third-order valence-corrected chi connectivity index (χ3v) is 6.13. The number of aryl methyl sites for hydroxylation is 1. The van der Waals surface area contributed by atoms with Crippen LogP contribution in [0.4, 0.5) is 0 Å². The monoisotopic (exact) mass is 361 g/mol. The number of amides is 1. The Morgan fingerprint density at radius 1 is 1.36 bits per heavy atom. The van der Waals surface area contributed by atoms with Gasteiger partial charge in [-0.2, -0.15) is 0 Å². The molecule has 1 saturated heterocycles. The summed E-state index contributed by atoms with van der Waals surface area (Å²) in [7, 11) is 4.06. The Hall–Kier alpha value is -1.50. The second kappa shape index (κ2) is 7.81. The van der Waals surface area contributed by atoms with Crippen LogP contribution in [-0.2, 0) is 11.3 Å². The number of nitrogens with zero attached hydrogens (tertiary/aromatic N) is 3. The molecule has 1 N–H and O–H groups in total. The fourth-order valence-corrected chi connectivity index (χ4v) is 4.53. The van der Waals surface area contributed by atoms with Crippen LogP contribution in [0.1, 0.15) is 13.3 Å². The number of thioether (sulfide) groups is 1. The molecule has 5 nitrogen and oxygen atoms in total. The third-order valence-electron chi connectivity index (χ3n) is 5.10. The third kappa shape index (κ3) is 3.71. The zero-order valence-electron chi connectivity index (χ0n) is 15.2. The maximum absolute atomic E-state index is 12.7. The number of benzene rings is 1. The maximum Gasteiger partial charge on any atom is 0.233 e.